The van der Waals surface area contributed by atoms with Gasteiger partial charge in [0.2, 0.25) is 0 Å². The molecular weight excluding hydrogens is 440 g/mol. The van der Waals surface area contributed by atoms with Crippen LogP contribution in [0.5, 0.6) is 11.5 Å². The van der Waals surface area contributed by atoms with Gasteiger partial charge in [-0.05, 0) is 30.5 Å². The topological polar surface area (TPSA) is 149 Å². The second-order valence-electron chi connectivity index (χ2n) is 5.87. The summed E-state index contributed by atoms with van der Waals surface area (Å²) in [6, 6.07) is 11.5. The first kappa shape index (κ1) is 24.0. The molecule has 3 rings (SSSR count). The number of benzene rings is 3. The third kappa shape index (κ3) is 5.08. The smallest absolute Gasteiger partial charge is 0.870 e. The molecule has 0 heterocycles. The largest absolute Gasteiger partial charge is 2.00 e. The van der Waals surface area contributed by atoms with E-state index in [0.717, 1.165) is 6.07 Å². The zero-order chi connectivity index (χ0) is 21.2. The van der Waals surface area contributed by atoms with Crippen molar-refractivity contribution < 1.29 is 32.7 Å². The first-order valence-electron chi connectivity index (χ1n) is 8.34. The van der Waals surface area contributed by atoms with Crippen LogP contribution in [-0.2, 0) is 10.1 Å². The molecular formula is C19H15CaN2O7S+. The van der Waals surface area contributed by atoms with E-state index >= 15 is 0 Å². The molecule has 0 bridgehead atoms. The number of hydrogen-bond donors (Lipinski definition) is 2. The molecule has 30 heavy (non-hydrogen) atoms. The van der Waals surface area contributed by atoms with E-state index in [0.29, 0.717) is 10.8 Å². The molecule has 0 saturated carbocycles. The Labute approximate surface area is 201 Å². The average Bonchev–Trinajstić information content (AvgIpc) is 2.67. The number of rotatable bonds is 6. The van der Waals surface area contributed by atoms with Gasteiger partial charge in [-0.2, -0.15) is 13.5 Å². The van der Waals surface area contributed by atoms with Crippen molar-refractivity contribution in [3.05, 3.63) is 54.1 Å². The average molecular weight is 455 g/mol. The maximum Gasteiger partial charge on any atom is 2.00 e. The summed E-state index contributed by atoms with van der Waals surface area (Å²) in [6.45, 7) is 1.98. The number of ether oxygens (including phenoxy) is 1. The molecule has 0 aliphatic heterocycles. The number of nitrogens with zero attached hydrogens (tertiary/aromatic N) is 2. The Morgan fingerprint density at radius 2 is 1.83 bits per heavy atom. The zero-order valence-electron chi connectivity index (χ0n) is 15.8. The van der Waals surface area contributed by atoms with E-state index in [2.05, 4.69) is 10.2 Å². The monoisotopic (exact) mass is 455 g/mol. The summed E-state index contributed by atoms with van der Waals surface area (Å²) < 4.78 is 38.1. The molecule has 11 heteroatoms. The number of aromatic carboxylic acids is 1. The van der Waals surface area contributed by atoms with E-state index in [1.807, 2.05) is 0 Å². The molecule has 150 valence electrons. The SMILES string of the molecule is CCOc1ccc(N=Nc2c([O-])c(C(=O)O)cc3ccccc23)c(S(=O)(=O)O)c1.[Ca+2]. The molecule has 0 aliphatic carbocycles. The van der Waals surface area contributed by atoms with Crippen molar-refractivity contribution in [2.24, 2.45) is 10.2 Å². The van der Waals surface area contributed by atoms with Gasteiger partial charge in [-0.3, -0.25) is 4.55 Å². The van der Waals surface area contributed by atoms with Gasteiger partial charge in [0, 0.05) is 11.5 Å². The van der Waals surface area contributed by atoms with E-state index in [-0.39, 0.29) is 61.5 Å². The van der Waals surface area contributed by atoms with Gasteiger partial charge in [0.05, 0.1) is 17.9 Å². The molecule has 0 atom stereocenters. The van der Waals surface area contributed by atoms with Crippen LogP contribution in [0.3, 0.4) is 0 Å². The summed E-state index contributed by atoms with van der Waals surface area (Å²) in [7, 11) is -4.66. The Balaban J connectivity index is 0.00000320. The molecule has 0 fully saturated rings. The number of fused-ring (bicyclic) bond motifs is 1. The molecule has 0 spiro atoms. The fourth-order valence-corrected chi connectivity index (χ4v) is 3.35. The maximum absolute atomic E-state index is 12.5. The Kier molecular flexibility index (Phi) is 7.78. The van der Waals surface area contributed by atoms with Gasteiger partial charge in [-0.25, -0.2) is 4.79 Å². The normalized spacial score (nSPS) is 11.4. The molecule has 0 aromatic heterocycles. The molecule has 2 N–H and O–H groups in total. The summed E-state index contributed by atoms with van der Waals surface area (Å²) in [5, 5.41) is 30.2. The van der Waals surface area contributed by atoms with Crippen molar-refractivity contribution in [2.45, 2.75) is 11.8 Å². The van der Waals surface area contributed by atoms with Crippen LogP contribution in [-0.4, -0.2) is 68.4 Å². The van der Waals surface area contributed by atoms with Crippen molar-refractivity contribution in [2.75, 3.05) is 6.61 Å². The molecule has 3 aromatic rings. The van der Waals surface area contributed by atoms with Crippen molar-refractivity contribution in [1.82, 2.24) is 0 Å². The second-order valence-corrected chi connectivity index (χ2v) is 7.26. The first-order valence-corrected chi connectivity index (χ1v) is 9.78. The molecule has 0 radical (unpaired) electrons. The number of carboxylic acid groups (broad SMARTS) is 1. The van der Waals surface area contributed by atoms with Gasteiger partial charge in [0.25, 0.3) is 10.1 Å². The first-order chi connectivity index (χ1) is 13.7. The Morgan fingerprint density at radius 3 is 2.47 bits per heavy atom. The third-order valence-corrected chi connectivity index (χ3v) is 4.87. The zero-order valence-corrected chi connectivity index (χ0v) is 18.8. The number of carboxylic acids is 1. The molecule has 0 saturated heterocycles. The van der Waals surface area contributed by atoms with Crippen LogP contribution in [0.25, 0.3) is 10.8 Å². The summed E-state index contributed by atoms with van der Waals surface area (Å²) in [4.78, 5) is 10.8. The standard InChI is InChI=1S/C19H16N2O7S.Ca/c1-2-28-12-7-8-15(16(10-12)29(25,26)27)20-21-17-13-6-4-3-5-11(13)9-14(18(17)22)19(23)24;/h3-10,22H,2H2,1H3,(H,23,24)(H,25,26,27);/q;+2/p-1. The van der Waals surface area contributed by atoms with E-state index in [4.69, 9.17) is 4.74 Å². The van der Waals surface area contributed by atoms with E-state index in [9.17, 15) is 28.0 Å². The molecule has 0 aliphatic rings. The maximum atomic E-state index is 12.5. The van der Waals surface area contributed by atoms with Crippen molar-refractivity contribution in [3.8, 4) is 11.5 Å². The van der Waals surface area contributed by atoms with E-state index in [1.54, 1.807) is 31.2 Å². The van der Waals surface area contributed by atoms with Crippen LogP contribution in [0.1, 0.15) is 17.3 Å². The molecule has 0 amide bonds. The Morgan fingerprint density at radius 1 is 1.13 bits per heavy atom. The minimum absolute atomic E-state index is 0. The fourth-order valence-electron chi connectivity index (χ4n) is 2.71. The predicted molar refractivity (Wildman–Crippen MR) is 108 cm³/mol. The molecule has 3 aromatic carbocycles. The Hall–Kier alpha value is -2.24. The fraction of sp³-hybridized carbons (Fsp3) is 0.105. The van der Waals surface area contributed by atoms with Gasteiger partial charge in [0.15, 0.2) is 0 Å². The van der Waals surface area contributed by atoms with Gasteiger partial charge >= 0.3 is 43.7 Å². The van der Waals surface area contributed by atoms with Gasteiger partial charge < -0.3 is 14.9 Å². The summed E-state index contributed by atoms with van der Waals surface area (Å²) >= 11 is 0. The predicted octanol–water partition coefficient (Wildman–Crippen LogP) is 3.29. The van der Waals surface area contributed by atoms with Crippen LogP contribution >= 0.6 is 0 Å². The van der Waals surface area contributed by atoms with Crippen molar-refractivity contribution in [1.29, 1.82) is 0 Å². The minimum Gasteiger partial charge on any atom is -0.870 e. The van der Waals surface area contributed by atoms with Crippen LogP contribution in [0, 0.1) is 0 Å². The summed E-state index contributed by atoms with van der Waals surface area (Å²) in [5.74, 6) is -2.09. The van der Waals surface area contributed by atoms with Gasteiger partial charge in [0.1, 0.15) is 16.3 Å². The quantitative estimate of drug-likeness (QED) is 0.329. The summed E-state index contributed by atoms with van der Waals surface area (Å²) in [6.07, 6.45) is 0. The van der Waals surface area contributed by atoms with Crippen molar-refractivity contribution >= 4 is 76.0 Å². The summed E-state index contributed by atoms with van der Waals surface area (Å²) in [5.41, 5.74) is -0.977. The Bertz CT molecular complexity index is 1240. The van der Waals surface area contributed by atoms with Gasteiger partial charge in [-0.1, -0.05) is 30.0 Å². The minimum atomic E-state index is -4.66. The number of carbonyl (C=O) groups is 1. The second kappa shape index (κ2) is 9.71. The van der Waals surface area contributed by atoms with Crippen LogP contribution in [0.2, 0.25) is 0 Å². The number of hydrogen-bond acceptors (Lipinski definition) is 7. The van der Waals surface area contributed by atoms with Crippen molar-refractivity contribution in [3.63, 3.8) is 0 Å². The third-order valence-electron chi connectivity index (χ3n) is 3.98. The van der Waals surface area contributed by atoms with Crippen LogP contribution in [0.15, 0.2) is 63.7 Å². The van der Waals surface area contributed by atoms with Crippen LogP contribution in [0.4, 0.5) is 11.4 Å². The molecule has 0 unspecified atom stereocenters. The van der Waals surface area contributed by atoms with E-state index in [1.165, 1.54) is 18.2 Å². The van der Waals surface area contributed by atoms with E-state index < -0.39 is 32.3 Å². The number of azo groups is 1. The van der Waals surface area contributed by atoms with Crippen LogP contribution < -0.4 is 9.84 Å². The molecule has 9 nitrogen and oxygen atoms in total. The van der Waals surface area contributed by atoms with Gasteiger partial charge in [-0.15, -0.1) is 5.11 Å².